The van der Waals surface area contributed by atoms with Crippen LogP contribution in [-0.2, 0) is 20.7 Å². The molecule has 0 aliphatic carbocycles. The van der Waals surface area contributed by atoms with E-state index in [2.05, 4.69) is 0 Å². The zero-order chi connectivity index (χ0) is 17.1. The Bertz CT molecular complexity index is 637. The highest BCUT2D eigenvalue weighted by Crippen LogP contribution is 2.20. The summed E-state index contributed by atoms with van der Waals surface area (Å²) in [7, 11) is 0. The molecule has 2 atom stereocenters. The average Bonchev–Trinajstić information content (AvgIpc) is 3.14. The van der Waals surface area contributed by atoms with Gasteiger partial charge in [0.2, 0.25) is 5.91 Å². The predicted molar refractivity (Wildman–Crippen MR) is 91.5 cm³/mol. The van der Waals surface area contributed by atoms with Crippen LogP contribution >= 0.6 is 12.2 Å². The van der Waals surface area contributed by atoms with Gasteiger partial charge in [0.25, 0.3) is 5.17 Å². The third-order valence-corrected chi connectivity index (χ3v) is 4.69. The van der Waals surface area contributed by atoms with Crippen molar-refractivity contribution in [2.24, 2.45) is 0 Å². The third-order valence-electron chi connectivity index (χ3n) is 4.34. The van der Waals surface area contributed by atoms with Crippen LogP contribution in [0, 0.1) is 0 Å². The number of ether oxygens (including phenoxy) is 2. The largest absolute Gasteiger partial charge is 0.469 e. The highest BCUT2D eigenvalue weighted by atomic mass is 32.1. The van der Waals surface area contributed by atoms with Gasteiger partial charge in [-0.1, -0.05) is 30.3 Å². The number of cyclic esters (lactones) is 1. The molecule has 2 fully saturated rings. The summed E-state index contributed by atoms with van der Waals surface area (Å²) in [5.74, 6) is -0.236. The second-order valence-electron chi connectivity index (χ2n) is 6.05. The Balaban J connectivity index is 1.65. The molecule has 2 saturated heterocycles. The van der Waals surface area contributed by atoms with E-state index in [1.54, 1.807) is 0 Å². The Hall–Kier alpha value is -2.15. The number of imide groups is 1. The van der Waals surface area contributed by atoms with Crippen LogP contribution in [0.15, 0.2) is 30.3 Å². The van der Waals surface area contributed by atoms with Gasteiger partial charge < -0.3 is 14.4 Å². The summed E-state index contributed by atoms with van der Waals surface area (Å²) in [5, 5.41) is 0.417. The highest BCUT2D eigenvalue weighted by Gasteiger charge is 2.39. The molecule has 2 aliphatic rings. The number of benzene rings is 1. The fraction of sp³-hybridized carbons (Fsp3) is 0.471. The maximum Gasteiger partial charge on any atom is 0.416 e. The fourth-order valence-electron chi connectivity index (χ4n) is 3.07. The topological polar surface area (TPSA) is 59.1 Å². The first-order valence-electron chi connectivity index (χ1n) is 8.02. The molecule has 24 heavy (non-hydrogen) atoms. The van der Waals surface area contributed by atoms with Crippen molar-refractivity contribution in [1.82, 2.24) is 9.80 Å². The van der Waals surface area contributed by atoms with Gasteiger partial charge in [0.05, 0.1) is 12.6 Å². The Labute approximate surface area is 146 Å². The van der Waals surface area contributed by atoms with Crippen LogP contribution in [0.1, 0.15) is 18.9 Å². The van der Waals surface area contributed by atoms with E-state index in [-0.39, 0.29) is 31.0 Å². The summed E-state index contributed by atoms with van der Waals surface area (Å²) < 4.78 is 10.4. The van der Waals surface area contributed by atoms with E-state index in [4.69, 9.17) is 21.7 Å². The summed E-state index contributed by atoms with van der Waals surface area (Å²) in [4.78, 5) is 27.8. The third kappa shape index (κ3) is 3.51. The molecule has 1 aromatic rings. The monoisotopic (exact) mass is 348 g/mol. The summed E-state index contributed by atoms with van der Waals surface area (Å²) in [6.07, 6.45) is 0.232. The van der Waals surface area contributed by atoms with E-state index in [9.17, 15) is 9.59 Å². The first-order valence-corrected chi connectivity index (χ1v) is 8.43. The molecular formula is C17H20N2O4S. The number of hydrogen-bond donors (Lipinski definition) is 0. The molecule has 0 N–H and O–H groups in total. The first-order chi connectivity index (χ1) is 11.6. The molecule has 0 saturated carbocycles. The van der Waals surface area contributed by atoms with Crippen molar-refractivity contribution in [3.05, 3.63) is 35.9 Å². The lowest BCUT2D eigenvalue weighted by molar-refractivity contribution is -0.130. The highest BCUT2D eigenvalue weighted by molar-refractivity contribution is 7.80. The normalized spacial score (nSPS) is 21.6. The second kappa shape index (κ2) is 7.17. The molecule has 2 amide bonds. The number of thiocarbonyl (C=S) groups is 1. The number of hydrogen-bond acceptors (Lipinski definition) is 5. The molecule has 0 spiro atoms. The molecule has 128 valence electrons. The summed E-state index contributed by atoms with van der Waals surface area (Å²) in [6, 6.07) is 9.40. The van der Waals surface area contributed by atoms with Gasteiger partial charge in [-0.05, 0) is 31.1 Å². The van der Waals surface area contributed by atoms with Crippen molar-refractivity contribution in [3.63, 3.8) is 0 Å². The lowest BCUT2D eigenvalue weighted by atomic mass is 10.1. The molecular weight excluding hydrogens is 328 g/mol. The van der Waals surface area contributed by atoms with Gasteiger partial charge in [-0.3, -0.25) is 4.79 Å². The molecule has 3 rings (SSSR count). The molecule has 6 nitrogen and oxygen atoms in total. The average molecular weight is 348 g/mol. The fourth-order valence-corrected chi connectivity index (χ4v) is 3.42. The molecule has 0 bridgehead atoms. The van der Waals surface area contributed by atoms with Crippen molar-refractivity contribution in [1.29, 1.82) is 0 Å². The number of carbonyl (C=O) groups excluding carboxylic acids is 2. The van der Waals surface area contributed by atoms with Crippen molar-refractivity contribution in [2.45, 2.75) is 31.8 Å². The van der Waals surface area contributed by atoms with E-state index in [1.165, 1.54) is 4.90 Å². The zero-order valence-corrected chi connectivity index (χ0v) is 14.3. The van der Waals surface area contributed by atoms with Crippen LogP contribution in [0.5, 0.6) is 0 Å². The summed E-state index contributed by atoms with van der Waals surface area (Å²) in [6.45, 7) is 3.36. The van der Waals surface area contributed by atoms with Gasteiger partial charge in [0, 0.05) is 12.5 Å². The predicted octanol–water partition coefficient (Wildman–Crippen LogP) is 1.97. The van der Waals surface area contributed by atoms with E-state index < -0.39 is 6.09 Å². The van der Waals surface area contributed by atoms with Gasteiger partial charge in [-0.2, -0.15) is 0 Å². The first kappa shape index (κ1) is 16.7. The van der Waals surface area contributed by atoms with E-state index in [1.807, 2.05) is 42.2 Å². The van der Waals surface area contributed by atoms with Gasteiger partial charge in [0.15, 0.2) is 0 Å². The van der Waals surface area contributed by atoms with Crippen molar-refractivity contribution in [3.8, 4) is 0 Å². The molecule has 0 unspecified atom stereocenters. The number of carbonyl (C=O) groups is 2. The smallest absolute Gasteiger partial charge is 0.416 e. The van der Waals surface area contributed by atoms with E-state index >= 15 is 0 Å². The van der Waals surface area contributed by atoms with Gasteiger partial charge in [-0.25, -0.2) is 9.69 Å². The van der Waals surface area contributed by atoms with Gasteiger partial charge in [0.1, 0.15) is 13.2 Å². The maximum atomic E-state index is 12.6. The van der Waals surface area contributed by atoms with E-state index in [0.29, 0.717) is 24.7 Å². The molecule has 0 radical (unpaired) electrons. The SMILES string of the molecule is C[C@H](CC(=O)N1C(=O)OC[C@@H]1Cc1ccccc1)N1CCOC1=S. The molecule has 7 heteroatoms. The minimum atomic E-state index is -0.562. The van der Waals surface area contributed by atoms with Crippen LogP contribution in [0.3, 0.4) is 0 Å². The van der Waals surface area contributed by atoms with Crippen LogP contribution in [0.4, 0.5) is 4.79 Å². The lowest BCUT2D eigenvalue weighted by Gasteiger charge is -2.26. The van der Waals surface area contributed by atoms with Gasteiger partial charge in [-0.15, -0.1) is 0 Å². The van der Waals surface area contributed by atoms with E-state index in [0.717, 1.165) is 5.56 Å². The van der Waals surface area contributed by atoms with Crippen LogP contribution in [-0.4, -0.2) is 58.8 Å². The minimum Gasteiger partial charge on any atom is -0.469 e. The lowest BCUT2D eigenvalue weighted by Crippen LogP contribution is -2.44. The van der Waals surface area contributed by atoms with Crippen LogP contribution < -0.4 is 0 Å². The Kier molecular flexibility index (Phi) is 4.99. The van der Waals surface area contributed by atoms with Crippen molar-refractivity contribution < 1.29 is 19.1 Å². The van der Waals surface area contributed by atoms with Crippen molar-refractivity contribution >= 4 is 29.4 Å². The molecule has 1 aromatic carbocycles. The van der Waals surface area contributed by atoms with Crippen LogP contribution in [0.2, 0.25) is 0 Å². The molecule has 0 aromatic heterocycles. The van der Waals surface area contributed by atoms with Crippen LogP contribution in [0.25, 0.3) is 0 Å². The maximum absolute atomic E-state index is 12.6. The Morgan fingerprint density at radius 1 is 1.33 bits per heavy atom. The number of amides is 2. The Morgan fingerprint density at radius 2 is 2.08 bits per heavy atom. The van der Waals surface area contributed by atoms with Gasteiger partial charge >= 0.3 is 6.09 Å². The summed E-state index contributed by atoms with van der Waals surface area (Å²) in [5.41, 5.74) is 1.07. The molecule has 2 aliphatic heterocycles. The van der Waals surface area contributed by atoms with Crippen molar-refractivity contribution in [2.75, 3.05) is 19.8 Å². The standard InChI is InChI=1S/C17H20N2O4S/c1-12(18-7-8-22-17(18)24)9-15(20)19-14(11-23-16(19)21)10-13-5-3-2-4-6-13/h2-6,12,14H,7-11H2,1H3/t12-,14+/m1/s1. The quantitative estimate of drug-likeness (QED) is 0.759. The summed E-state index contributed by atoms with van der Waals surface area (Å²) >= 11 is 5.12. The minimum absolute atomic E-state index is 0.113. The number of nitrogens with zero attached hydrogens (tertiary/aromatic N) is 2. The molecule has 2 heterocycles. The number of rotatable bonds is 5. The zero-order valence-electron chi connectivity index (χ0n) is 13.5. The second-order valence-corrected chi connectivity index (χ2v) is 6.39. The Morgan fingerprint density at radius 3 is 2.75 bits per heavy atom.